The van der Waals surface area contributed by atoms with Crippen molar-refractivity contribution in [3.63, 3.8) is 0 Å². The molecule has 7 nitrogen and oxygen atoms in total. The van der Waals surface area contributed by atoms with Crippen LogP contribution in [0.5, 0.6) is 0 Å². The second-order valence-electron chi connectivity index (χ2n) is 5.95. The first-order valence-corrected chi connectivity index (χ1v) is 6.96. The highest BCUT2D eigenvalue weighted by molar-refractivity contribution is 5.74. The quantitative estimate of drug-likeness (QED) is 0.551. The van der Waals surface area contributed by atoms with E-state index in [1.54, 1.807) is 20.8 Å². The smallest absolute Gasteiger partial charge is 0.337 e. The van der Waals surface area contributed by atoms with Gasteiger partial charge in [0, 0.05) is 0 Å². The van der Waals surface area contributed by atoms with Crippen molar-refractivity contribution >= 4 is 5.97 Å². The lowest BCUT2D eigenvalue weighted by Crippen LogP contribution is -2.42. The molecule has 0 saturated carbocycles. The van der Waals surface area contributed by atoms with Crippen molar-refractivity contribution in [3.8, 4) is 0 Å². The van der Waals surface area contributed by atoms with Crippen LogP contribution in [0.1, 0.15) is 34.6 Å². The molecule has 1 rings (SSSR count). The first kappa shape index (κ1) is 18.3. The molecule has 124 valence electrons. The van der Waals surface area contributed by atoms with Gasteiger partial charge in [0.25, 0.3) is 0 Å². The molecule has 0 spiro atoms. The number of aliphatic hydroxyl groups is 1. The predicted octanol–water partition coefficient (Wildman–Crippen LogP) is 0.830. The summed E-state index contributed by atoms with van der Waals surface area (Å²) in [4.78, 5) is 11.2. The summed E-state index contributed by atoms with van der Waals surface area (Å²) < 4.78 is 26.7. The number of esters is 1. The van der Waals surface area contributed by atoms with Gasteiger partial charge in [-0.25, -0.2) is 4.79 Å². The summed E-state index contributed by atoms with van der Waals surface area (Å²) in [6.45, 7) is 9.39. The minimum atomic E-state index is -1.36. The van der Waals surface area contributed by atoms with Gasteiger partial charge in [-0.1, -0.05) is 0 Å². The molecule has 1 aliphatic heterocycles. The van der Waals surface area contributed by atoms with E-state index >= 15 is 0 Å². The van der Waals surface area contributed by atoms with Crippen LogP contribution in [0.15, 0.2) is 0 Å². The van der Waals surface area contributed by atoms with E-state index in [1.165, 1.54) is 7.11 Å². The van der Waals surface area contributed by atoms with E-state index in [2.05, 4.69) is 4.74 Å². The molecule has 0 aromatic heterocycles. The third kappa shape index (κ3) is 5.88. The van der Waals surface area contributed by atoms with E-state index in [0.717, 1.165) is 0 Å². The monoisotopic (exact) mass is 306 g/mol. The number of carbonyl (C=O) groups is 1. The van der Waals surface area contributed by atoms with Gasteiger partial charge >= 0.3 is 5.97 Å². The summed E-state index contributed by atoms with van der Waals surface area (Å²) in [5.74, 6) is -2.33. The molecule has 0 radical (unpaired) electrons. The summed E-state index contributed by atoms with van der Waals surface area (Å²) in [5, 5.41) is 9.70. The highest BCUT2D eigenvalue weighted by Gasteiger charge is 2.35. The number of rotatable bonds is 7. The molecule has 1 N–H and O–H groups in total. The van der Waals surface area contributed by atoms with Gasteiger partial charge in [0.05, 0.1) is 26.4 Å². The number of aliphatic hydroxyl groups excluding tert-OH is 1. The maximum Gasteiger partial charge on any atom is 0.337 e. The van der Waals surface area contributed by atoms with Gasteiger partial charge < -0.3 is 28.8 Å². The van der Waals surface area contributed by atoms with Crippen molar-refractivity contribution in [2.45, 2.75) is 64.5 Å². The van der Waals surface area contributed by atoms with Crippen LogP contribution in [0, 0.1) is 0 Å². The molecule has 21 heavy (non-hydrogen) atoms. The molecule has 3 atom stereocenters. The zero-order valence-corrected chi connectivity index (χ0v) is 13.5. The lowest BCUT2D eigenvalue weighted by atomic mass is 10.2. The fourth-order valence-electron chi connectivity index (χ4n) is 2.00. The summed E-state index contributed by atoms with van der Waals surface area (Å²) >= 11 is 0. The average molecular weight is 306 g/mol. The van der Waals surface area contributed by atoms with Crippen LogP contribution >= 0.6 is 0 Å². The molecule has 1 aliphatic rings. The van der Waals surface area contributed by atoms with Crippen LogP contribution in [-0.2, 0) is 28.5 Å². The molecule has 1 heterocycles. The Morgan fingerprint density at radius 1 is 1.48 bits per heavy atom. The standard InChI is InChI=1S/C14H26O7/c1-9(11(15)12(16)17-6)20-13(2,3)18-7-10-8-19-14(4,5)21-10/h9-11,15H,7-8H2,1-6H3/t9?,10-,11+/m0/s1. The molecular weight excluding hydrogens is 280 g/mol. The van der Waals surface area contributed by atoms with Crippen LogP contribution in [0.2, 0.25) is 0 Å². The Morgan fingerprint density at radius 3 is 2.57 bits per heavy atom. The van der Waals surface area contributed by atoms with Gasteiger partial charge in [0.1, 0.15) is 6.10 Å². The molecule has 7 heteroatoms. The van der Waals surface area contributed by atoms with Crippen LogP contribution in [-0.4, -0.2) is 61.3 Å². The molecule has 1 unspecified atom stereocenters. The molecule has 0 aliphatic carbocycles. The van der Waals surface area contributed by atoms with Crippen LogP contribution in [0.3, 0.4) is 0 Å². The van der Waals surface area contributed by atoms with Gasteiger partial charge in [0.2, 0.25) is 0 Å². The SMILES string of the molecule is COC(=O)[C@H](O)C(C)OC(C)(C)OC[C@H]1COC(C)(C)O1. The Labute approximate surface area is 125 Å². The Morgan fingerprint density at radius 2 is 2.10 bits per heavy atom. The lowest BCUT2D eigenvalue weighted by molar-refractivity contribution is -0.258. The van der Waals surface area contributed by atoms with Crippen LogP contribution < -0.4 is 0 Å². The number of ether oxygens (including phenoxy) is 5. The van der Waals surface area contributed by atoms with E-state index < -0.39 is 29.8 Å². The van der Waals surface area contributed by atoms with Crippen LogP contribution in [0.25, 0.3) is 0 Å². The summed E-state index contributed by atoms with van der Waals surface area (Å²) in [6.07, 6.45) is -2.30. The van der Waals surface area contributed by atoms with E-state index in [-0.39, 0.29) is 12.7 Å². The fourth-order valence-corrected chi connectivity index (χ4v) is 2.00. The third-order valence-corrected chi connectivity index (χ3v) is 3.04. The highest BCUT2D eigenvalue weighted by atomic mass is 16.8. The first-order chi connectivity index (χ1) is 9.56. The first-order valence-electron chi connectivity index (χ1n) is 6.96. The summed E-state index contributed by atoms with van der Waals surface area (Å²) in [6, 6.07) is 0. The van der Waals surface area contributed by atoms with Crippen molar-refractivity contribution in [1.82, 2.24) is 0 Å². The Balaban J connectivity index is 2.41. The minimum Gasteiger partial charge on any atom is -0.467 e. The van der Waals surface area contributed by atoms with Crippen molar-refractivity contribution < 1.29 is 33.6 Å². The number of hydrogen-bond acceptors (Lipinski definition) is 7. The maximum atomic E-state index is 11.2. The Kier molecular flexibility index (Phi) is 6.12. The lowest BCUT2D eigenvalue weighted by Gasteiger charge is -2.31. The van der Waals surface area contributed by atoms with Gasteiger partial charge in [-0.2, -0.15) is 0 Å². The van der Waals surface area contributed by atoms with E-state index in [0.29, 0.717) is 6.61 Å². The highest BCUT2D eigenvalue weighted by Crippen LogP contribution is 2.24. The fraction of sp³-hybridized carbons (Fsp3) is 0.929. The topological polar surface area (TPSA) is 83.5 Å². The normalized spacial score (nSPS) is 24.6. The minimum absolute atomic E-state index is 0.177. The molecule has 0 bridgehead atoms. The van der Waals surface area contributed by atoms with E-state index in [9.17, 15) is 9.90 Å². The van der Waals surface area contributed by atoms with Gasteiger partial charge in [-0.15, -0.1) is 0 Å². The number of hydrogen-bond donors (Lipinski definition) is 1. The van der Waals surface area contributed by atoms with E-state index in [4.69, 9.17) is 18.9 Å². The van der Waals surface area contributed by atoms with E-state index in [1.807, 2.05) is 13.8 Å². The number of carbonyl (C=O) groups excluding carboxylic acids is 1. The van der Waals surface area contributed by atoms with Crippen molar-refractivity contribution in [2.75, 3.05) is 20.3 Å². The largest absolute Gasteiger partial charge is 0.467 e. The van der Waals surface area contributed by atoms with Crippen molar-refractivity contribution in [1.29, 1.82) is 0 Å². The van der Waals surface area contributed by atoms with Gasteiger partial charge in [-0.3, -0.25) is 0 Å². The van der Waals surface area contributed by atoms with Crippen molar-refractivity contribution in [2.24, 2.45) is 0 Å². The van der Waals surface area contributed by atoms with Gasteiger partial charge in [-0.05, 0) is 34.6 Å². The Hall–Kier alpha value is -0.730. The Bertz CT molecular complexity index is 353. The molecule has 0 amide bonds. The second-order valence-corrected chi connectivity index (χ2v) is 5.95. The number of methoxy groups -OCH3 is 1. The molecule has 1 saturated heterocycles. The molecule has 0 aromatic rings. The third-order valence-electron chi connectivity index (χ3n) is 3.04. The molecule has 0 aromatic carbocycles. The summed E-state index contributed by atoms with van der Waals surface area (Å²) in [5.41, 5.74) is 0. The zero-order valence-electron chi connectivity index (χ0n) is 13.5. The van der Waals surface area contributed by atoms with Crippen molar-refractivity contribution in [3.05, 3.63) is 0 Å². The average Bonchev–Trinajstić information content (AvgIpc) is 2.74. The maximum absolute atomic E-state index is 11.2. The predicted molar refractivity (Wildman–Crippen MR) is 73.5 cm³/mol. The zero-order chi connectivity index (χ0) is 16.3. The molecular formula is C14H26O7. The summed E-state index contributed by atoms with van der Waals surface area (Å²) in [7, 11) is 1.21. The second kappa shape index (κ2) is 7.02. The van der Waals surface area contributed by atoms with Crippen LogP contribution in [0.4, 0.5) is 0 Å². The molecule has 1 fully saturated rings. The van der Waals surface area contributed by atoms with Gasteiger partial charge in [0.15, 0.2) is 17.7 Å².